The molecule has 2 aliphatic heterocycles. The number of pyridine rings is 1. The van der Waals surface area contributed by atoms with E-state index < -0.39 is 0 Å². The van der Waals surface area contributed by atoms with Crippen LogP contribution in [0.5, 0.6) is 0 Å². The van der Waals surface area contributed by atoms with Crippen LogP contribution in [0.2, 0.25) is 0 Å². The summed E-state index contributed by atoms with van der Waals surface area (Å²) in [6.45, 7) is 1.96. The van der Waals surface area contributed by atoms with Crippen molar-refractivity contribution in [2.24, 2.45) is 5.92 Å². The summed E-state index contributed by atoms with van der Waals surface area (Å²) in [7, 11) is 0. The number of anilines is 1. The van der Waals surface area contributed by atoms with Crippen LogP contribution >= 0.6 is 0 Å². The molecule has 0 amide bonds. The minimum absolute atomic E-state index is 0.0534. The highest BCUT2D eigenvalue weighted by Gasteiger charge is 2.38. The number of hydrogen-bond donors (Lipinski definition) is 1. The van der Waals surface area contributed by atoms with E-state index >= 15 is 0 Å². The number of aliphatic hydroxyl groups excluding tert-OH is 1. The molecule has 3 rings (SSSR count). The molecule has 0 spiro atoms. The van der Waals surface area contributed by atoms with Crippen molar-refractivity contribution in [2.75, 3.05) is 24.7 Å². The van der Waals surface area contributed by atoms with Crippen LogP contribution in [-0.4, -0.2) is 42.0 Å². The monoisotopic (exact) mass is 266 g/mol. The smallest absolute Gasteiger partial charge is 0.165 e. The third-order valence-corrected chi connectivity index (χ3v) is 4.17. The topological polar surface area (TPSA) is 45.6 Å². The summed E-state index contributed by atoms with van der Waals surface area (Å²) in [6.07, 6.45) is 3.89. The van der Waals surface area contributed by atoms with Crippen molar-refractivity contribution < 1.29 is 14.2 Å². The van der Waals surface area contributed by atoms with Crippen molar-refractivity contribution in [1.82, 2.24) is 4.98 Å². The summed E-state index contributed by atoms with van der Waals surface area (Å²) in [5, 5.41) is 10.1. The van der Waals surface area contributed by atoms with Gasteiger partial charge in [0.15, 0.2) is 11.6 Å². The Kier molecular flexibility index (Phi) is 3.66. The van der Waals surface area contributed by atoms with Gasteiger partial charge in [-0.05, 0) is 31.4 Å². The van der Waals surface area contributed by atoms with Crippen molar-refractivity contribution in [1.29, 1.82) is 0 Å². The minimum Gasteiger partial charge on any atom is -0.393 e. The van der Waals surface area contributed by atoms with E-state index in [0.29, 0.717) is 25.5 Å². The highest BCUT2D eigenvalue weighted by molar-refractivity contribution is 5.42. The molecule has 3 heterocycles. The summed E-state index contributed by atoms with van der Waals surface area (Å²) >= 11 is 0. The predicted octanol–water partition coefficient (Wildman–Crippen LogP) is 1.59. The molecule has 0 radical (unpaired) electrons. The van der Waals surface area contributed by atoms with Gasteiger partial charge in [0.2, 0.25) is 0 Å². The second-order valence-corrected chi connectivity index (χ2v) is 5.31. The maximum Gasteiger partial charge on any atom is 0.165 e. The van der Waals surface area contributed by atoms with E-state index in [1.807, 2.05) is 4.90 Å². The Hall–Kier alpha value is -1.20. The molecule has 1 aromatic rings. The number of aliphatic hydroxyl groups is 1. The third kappa shape index (κ3) is 2.44. The van der Waals surface area contributed by atoms with Crippen molar-refractivity contribution in [3.63, 3.8) is 0 Å². The van der Waals surface area contributed by atoms with Crippen LogP contribution < -0.4 is 4.90 Å². The summed E-state index contributed by atoms with van der Waals surface area (Å²) in [5.74, 6) is 0.168. The first kappa shape index (κ1) is 12.8. The molecule has 0 aliphatic carbocycles. The predicted molar refractivity (Wildman–Crippen MR) is 69.5 cm³/mol. The van der Waals surface area contributed by atoms with Gasteiger partial charge in [-0.2, -0.15) is 0 Å². The fourth-order valence-corrected chi connectivity index (χ4v) is 3.21. The quantitative estimate of drug-likeness (QED) is 0.883. The molecule has 1 aromatic heterocycles. The molecular weight excluding hydrogens is 247 g/mol. The van der Waals surface area contributed by atoms with Gasteiger partial charge in [0.25, 0.3) is 0 Å². The maximum atomic E-state index is 13.9. The molecule has 0 unspecified atom stereocenters. The first-order valence-corrected chi connectivity index (χ1v) is 6.90. The van der Waals surface area contributed by atoms with Crippen molar-refractivity contribution >= 4 is 5.82 Å². The second-order valence-electron chi connectivity index (χ2n) is 5.31. The normalized spacial score (nSPS) is 31.7. The highest BCUT2D eigenvalue weighted by Crippen LogP contribution is 2.33. The van der Waals surface area contributed by atoms with Gasteiger partial charge >= 0.3 is 0 Å². The molecule has 2 aliphatic rings. The van der Waals surface area contributed by atoms with Gasteiger partial charge in [0.1, 0.15) is 0 Å². The first-order chi connectivity index (χ1) is 9.27. The third-order valence-electron chi connectivity index (χ3n) is 4.17. The molecule has 5 heteroatoms. The summed E-state index contributed by atoms with van der Waals surface area (Å²) in [4.78, 5) is 6.16. The standard InChI is InChI=1S/C14H19FN2O2/c15-11-3-1-6-16-14(11)17-7-2-4-12(17)10-9-19-8-5-13(10)18/h1,3,6,10,12-13,18H,2,4-5,7-9H2/t10-,12-,13+/m0/s1. The maximum absolute atomic E-state index is 13.9. The molecule has 104 valence electrons. The number of ether oxygens (including phenoxy) is 1. The average Bonchev–Trinajstić information content (AvgIpc) is 2.89. The average molecular weight is 266 g/mol. The molecule has 2 saturated heterocycles. The number of rotatable bonds is 2. The number of halogens is 1. The van der Waals surface area contributed by atoms with Gasteiger partial charge in [0.05, 0.1) is 12.7 Å². The Morgan fingerprint density at radius 1 is 1.42 bits per heavy atom. The summed E-state index contributed by atoms with van der Waals surface area (Å²) in [6, 6.07) is 3.16. The van der Waals surface area contributed by atoms with Crippen molar-refractivity contribution in [2.45, 2.75) is 31.4 Å². The van der Waals surface area contributed by atoms with Crippen LogP contribution in [0.15, 0.2) is 18.3 Å². The SMILES string of the molecule is O[C@@H]1CCOC[C@H]1[C@@H]1CCCN1c1ncccc1F. The van der Waals surface area contributed by atoms with Gasteiger partial charge in [-0.15, -0.1) is 0 Å². The zero-order valence-electron chi connectivity index (χ0n) is 10.8. The Balaban J connectivity index is 1.83. The lowest BCUT2D eigenvalue weighted by Crippen LogP contribution is -2.46. The Morgan fingerprint density at radius 2 is 2.32 bits per heavy atom. The van der Waals surface area contributed by atoms with Gasteiger partial charge in [-0.1, -0.05) is 0 Å². The van der Waals surface area contributed by atoms with E-state index in [0.717, 1.165) is 19.4 Å². The molecule has 0 bridgehead atoms. The largest absolute Gasteiger partial charge is 0.393 e. The molecule has 0 aromatic carbocycles. The minimum atomic E-state index is -0.355. The Morgan fingerprint density at radius 3 is 3.11 bits per heavy atom. The fourth-order valence-electron chi connectivity index (χ4n) is 3.21. The van der Waals surface area contributed by atoms with Crippen LogP contribution in [0.4, 0.5) is 10.2 Å². The zero-order valence-corrected chi connectivity index (χ0v) is 10.8. The first-order valence-electron chi connectivity index (χ1n) is 6.90. The highest BCUT2D eigenvalue weighted by atomic mass is 19.1. The fraction of sp³-hybridized carbons (Fsp3) is 0.643. The Labute approximate surface area is 112 Å². The van der Waals surface area contributed by atoms with Crippen molar-refractivity contribution in [3.8, 4) is 0 Å². The van der Waals surface area contributed by atoms with Gasteiger partial charge in [0, 0.05) is 31.3 Å². The lowest BCUT2D eigenvalue weighted by atomic mass is 9.89. The zero-order chi connectivity index (χ0) is 13.2. The molecule has 2 fully saturated rings. The van der Waals surface area contributed by atoms with E-state index in [-0.39, 0.29) is 23.9 Å². The van der Waals surface area contributed by atoms with E-state index in [9.17, 15) is 9.50 Å². The van der Waals surface area contributed by atoms with Crippen LogP contribution in [-0.2, 0) is 4.74 Å². The second kappa shape index (κ2) is 5.43. The van der Waals surface area contributed by atoms with Crippen LogP contribution in [0.3, 0.4) is 0 Å². The number of nitrogens with zero attached hydrogens (tertiary/aromatic N) is 2. The molecule has 3 atom stereocenters. The number of hydrogen-bond acceptors (Lipinski definition) is 4. The number of aromatic nitrogens is 1. The van der Waals surface area contributed by atoms with Crippen LogP contribution in [0.25, 0.3) is 0 Å². The van der Waals surface area contributed by atoms with E-state index in [4.69, 9.17) is 4.74 Å². The molecule has 1 N–H and O–H groups in total. The van der Waals surface area contributed by atoms with Gasteiger partial charge in [-0.25, -0.2) is 9.37 Å². The van der Waals surface area contributed by atoms with Gasteiger partial charge < -0.3 is 14.7 Å². The molecule has 0 saturated carbocycles. The molecule has 19 heavy (non-hydrogen) atoms. The Bertz CT molecular complexity index is 443. The van der Waals surface area contributed by atoms with Crippen LogP contribution in [0.1, 0.15) is 19.3 Å². The van der Waals surface area contributed by atoms with E-state index in [2.05, 4.69) is 4.98 Å². The molecule has 4 nitrogen and oxygen atoms in total. The lowest BCUT2D eigenvalue weighted by Gasteiger charge is -2.37. The van der Waals surface area contributed by atoms with Crippen molar-refractivity contribution in [3.05, 3.63) is 24.1 Å². The summed E-state index contributed by atoms with van der Waals surface area (Å²) < 4.78 is 19.4. The van der Waals surface area contributed by atoms with E-state index in [1.54, 1.807) is 12.3 Å². The summed E-state index contributed by atoms with van der Waals surface area (Å²) in [5.41, 5.74) is 0. The van der Waals surface area contributed by atoms with Gasteiger partial charge in [-0.3, -0.25) is 0 Å². The molecular formula is C14H19FN2O2. The van der Waals surface area contributed by atoms with Crippen LogP contribution in [0, 0.1) is 11.7 Å². The van der Waals surface area contributed by atoms with E-state index in [1.165, 1.54) is 6.07 Å². The lowest BCUT2D eigenvalue weighted by molar-refractivity contribution is -0.0438.